The van der Waals surface area contributed by atoms with Gasteiger partial charge in [0.15, 0.2) is 5.58 Å². The fourth-order valence-electron chi connectivity index (χ4n) is 3.26. The molecule has 0 spiro atoms. The first kappa shape index (κ1) is 19.6. The van der Waals surface area contributed by atoms with Crippen molar-refractivity contribution < 1.29 is 17.6 Å². The Labute approximate surface area is 158 Å². The third-order valence-corrected chi connectivity index (χ3v) is 6.47. The fourth-order valence-corrected chi connectivity index (χ4v) is 4.58. The third-order valence-electron chi connectivity index (χ3n) is 4.95. The van der Waals surface area contributed by atoms with Gasteiger partial charge in [-0.3, -0.25) is 9.36 Å². The maximum absolute atomic E-state index is 12.6. The van der Waals surface area contributed by atoms with Gasteiger partial charge in [0.1, 0.15) is 6.54 Å². The van der Waals surface area contributed by atoms with Crippen LogP contribution in [0.2, 0.25) is 0 Å². The van der Waals surface area contributed by atoms with E-state index >= 15 is 0 Å². The van der Waals surface area contributed by atoms with Gasteiger partial charge in [0.2, 0.25) is 15.9 Å². The summed E-state index contributed by atoms with van der Waals surface area (Å²) in [6.07, 6.45) is 4.48. The molecule has 1 atom stereocenters. The first-order chi connectivity index (χ1) is 12.8. The van der Waals surface area contributed by atoms with Gasteiger partial charge in [0.05, 0.1) is 10.4 Å². The smallest absolute Gasteiger partial charge is 0.408 e. The number of carbonyl (C=O) groups is 1. The van der Waals surface area contributed by atoms with Gasteiger partial charge in [0.25, 0.3) is 0 Å². The highest BCUT2D eigenvalue weighted by molar-refractivity contribution is 7.89. The normalized spacial score (nSPS) is 16.7. The van der Waals surface area contributed by atoms with Crippen molar-refractivity contribution in [1.82, 2.24) is 14.6 Å². The van der Waals surface area contributed by atoms with Crippen molar-refractivity contribution in [1.29, 1.82) is 0 Å². The molecule has 1 aliphatic rings. The van der Waals surface area contributed by atoms with Crippen molar-refractivity contribution >= 4 is 27.0 Å². The molecule has 0 aliphatic heterocycles. The molecule has 0 bridgehead atoms. The zero-order valence-corrected chi connectivity index (χ0v) is 16.3. The number of aromatic nitrogens is 1. The zero-order valence-electron chi connectivity index (χ0n) is 15.5. The fraction of sp³-hybridized carbons (Fsp3) is 0.556. The van der Waals surface area contributed by atoms with Gasteiger partial charge in [-0.25, -0.2) is 17.9 Å². The number of hydrogen-bond donors (Lipinski definition) is 2. The standard InChI is InChI=1S/C18H25N3O5S/c1-3-12(2)19-17(22)11-21-15-9-8-14(10-16(15)26-18(21)23)27(24,25)20-13-6-4-5-7-13/h8-10,12-13,20H,3-7,11H2,1-2H3,(H,19,22)/t12-/m1/s1. The van der Waals surface area contributed by atoms with Crippen molar-refractivity contribution in [3.8, 4) is 0 Å². The summed E-state index contributed by atoms with van der Waals surface area (Å²) < 4.78 is 34.2. The van der Waals surface area contributed by atoms with E-state index in [1.165, 1.54) is 22.8 Å². The van der Waals surface area contributed by atoms with Crippen LogP contribution in [0.4, 0.5) is 0 Å². The molecule has 148 valence electrons. The minimum atomic E-state index is -3.68. The van der Waals surface area contributed by atoms with Gasteiger partial charge in [-0.15, -0.1) is 0 Å². The number of oxazole rings is 1. The van der Waals surface area contributed by atoms with Crippen LogP contribution in [0, 0.1) is 0 Å². The molecule has 1 aromatic carbocycles. The Morgan fingerprint density at radius 1 is 1.33 bits per heavy atom. The molecule has 1 amide bonds. The number of hydrogen-bond acceptors (Lipinski definition) is 5. The summed E-state index contributed by atoms with van der Waals surface area (Å²) in [6.45, 7) is 3.65. The van der Waals surface area contributed by atoms with E-state index < -0.39 is 15.8 Å². The number of rotatable bonds is 7. The Balaban J connectivity index is 1.84. The summed E-state index contributed by atoms with van der Waals surface area (Å²) in [4.78, 5) is 24.2. The predicted molar refractivity (Wildman–Crippen MR) is 101 cm³/mol. The second kappa shape index (κ2) is 7.85. The Hall–Kier alpha value is -2.13. The molecule has 0 saturated heterocycles. The number of nitrogens with one attached hydrogen (secondary N) is 2. The van der Waals surface area contributed by atoms with Crippen molar-refractivity contribution in [3.63, 3.8) is 0 Å². The van der Waals surface area contributed by atoms with E-state index in [1.54, 1.807) is 0 Å². The minimum Gasteiger partial charge on any atom is -0.408 e. The topological polar surface area (TPSA) is 110 Å². The summed E-state index contributed by atoms with van der Waals surface area (Å²) in [7, 11) is -3.68. The molecular weight excluding hydrogens is 370 g/mol. The second-order valence-electron chi connectivity index (χ2n) is 7.06. The highest BCUT2D eigenvalue weighted by Gasteiger charge is 2.24. The summed E-state index contributed by atoms with van der Waals surface area (Å²) in [5, 5.41) is 2.79. The van der Waals surface area contributed by atoms with Crippen LogP contribution in [-0.2, 0) is 21.4 Å². The number of carbonyl (C=O) groups excluding carboxylic acids is 1. The van der Waals surface area contributed by atoms with Crippen LogP contribution >= 0.6 is 0 Å². The molecule has 2 aromatic rings. The van der Waals surface area contributed by atoms with Crippen LogP contribution in [0.5, 0.6) is 0 Å². The number of fused-ring (bicyclic) bond motifs is 1. The third kappa shape index (κ3) is 4.41. The van der Waals surface area contributed by atoms with Crippen LogP contribution in [0.25, 0.3) is 11.1 Å². The molecule has 9 heteroatoms. The minimum absolute atomic E-state index is 0.00442. The summed E-state index contributed by atoms with van der Waals surface area (Å²) in [5.74, 6) is -0.989. The van der Waals surface area contributed by atoms with Gasteiger partial charge >= 0.3 is 5.76 Å². The van der Waals surface area contributed by atoms with Crippen molar-refractivity contribution in [2.45, 2.75) is 69.5 Å². The lowest BCUT2D eigenvalue weighted by molar-refractivity contribution is -0.122. The number of amides is 1. The van der Waals surface area contributed by atoms with E-state index in [1.807, 2.05) is 13.8 Å². The maximum Gasteiger partial charge on any atom is 0.420 e. The van der Waals surface area contributed by atoms with Crippen molar-refractivity contribution in [3.05, 3.63) is 28.7 Å². The molecule has 0 radical (unpaired) electrons. The van der Waals surface area contributed by atoms with Crippen LogP contribution in [0.1, 0.15) is 46.0 Å². The largest absolute Gasteiger partial charge is 0.420 e. The van der Waals surface area contributed by atoms with E-state index in [9.17, 15) is 18.0 Å². The second-order valence-corrected chi connectivity index (χ2v) is 8.78. The van der Waals surface area contributed by atoms with Gasteiger partial charge in [-0.2, -0.15) is 0 Å². The lowest BCUT2D eigenvalue weighted by Gasteiger charge is -2.12. The van der Waals surface area contributed by atoms with Crippen molar-refractivity contribution in [2.24, 2.45) is 0 Å². The lowest BCUT2D eigenvalue weighted by atomic mass is 10.2. The summed E-state index contributed by atoms with van der Waals surface area (Å²) >= 11 is 0. The van der Waals surface area contributed by atoms with E-state index in [0.717, 1.165) is 32.1 Å². The summed E-state index contributed by atoms with van der Waals surface area (Å²) in [5.41, 5.74) is 0.532. The van der Waals surface area contributed by atoms with E-state index in [4.69, 9.17) is 4.42 Å². The highest BCUT2D eigenvalue weighted by atomic mass is 32.2. The average molecular weight is 395 g/mol. The first-order valence-corrected chi connectivity index (χ1v) is 10.7. The average Bonchev–Trinajstić information content (AvgIpc) is 3.22. The molecule has 1 saturated carbocycles. The van der Waals surface area contributed by atoms with Crippen LogP contribution in [-0.4, -0.2) is 31.0 Å². The molecule has 1 aromatic heterocycles. The van der Waals surface area contributed by atoms with Gasteiger partial charge in [0, 0.05) is 18.2 Å². The van der Waals surface area contributed by atoms with E-state index in [-0.39, 0.29) is 35.0 Å². The number of nitrogens with zero attached hydrogens (tertiary/aromatic N) is 1. The van der Waals surface area contributed by atoms with Gasteiger partial charge in [-0.1, -0.05) is 19.8 Å². The molecule has 2 N–H and O–H groups in total. The lowest BCUT2D eigenvalue weighted by Crippen LogP contribution is -2.36. The van der Waals surface area contributed by atoms with Crippen LogP contribution < -0.4 is 15.8 Å². The highest BCUT2D eigenvalue weighted by Crippen LogP contribution is 2.22. The SMILES string of the molecule is CC[C@@H](C)NC(=O)Cn1c(=O)oc2cc(S(=O)(=O)NC3CCCC3)ccc21. The molecule has 0 unspecified atom stereocenters. The van der Waals surface area contributed by atoms with Crippen LogP contribution in [0.15, 0.2) is 32.3 Å². The number of benzene rings is 1. The van der Waals surface area contributed by atoms with Crippen LogP contribution in [0.3, 0.4) is 0 Å². The molecule has 1 heterocycles. The molecule has 1 fully saturated rings. The monoisotopic (exact) mass is 395 g/mol. The zero-order chi connectivity index (χ0) is 19.6. The van der Waals surface area contributed by atoms with Gasteiger partial charge in [-0.05, 0) is 38.3 Å². The van der Waals surface area contributed by atoms with E-state index in [2.05, 4.69) is 10.0 Å². The Morgan fingerprint density at radius 3 is 2.70 bits per heavy atom. The predicted octanol–water partition coefficient (Wildman–Crippen LogP) is 1.73. The number of sulfonamides is 1. The molecule has 3 rings (SSSR count). The van der Waals surface area contributed by atoms with E-state index in [0.29, 0.717) is 5.52 Å². The Morgan fingerprint density at radius 2 is 2.04 bits per heavy atom. The van der Waals surface area contributed by atoms with Gasteiger partial charge < -0.3 is 9.73 Å². The molecule has 8 nitrogen and oxygen atoms in total. The summed E-state index contributed by atoms with van der Waals surface area (Å²) in [6, 6.07) is 4.21. The molecular formula is C18H25N3O5S. The Kier molecular flexibility index (Phi) is 5.71. The quantitative estimate of drug-likeness (QED) is 0.742. The molecule has 27 heavy (non-hydrogen) atoms. The molecule has 1 aliphatic carbocycles. The first-order valence-electron chi connectivity index (χ1n) is 9.25. The maximum atomic E-state index is 12.6. The Bertz CT molecular complexity index is 986. The van der Waals surface area contributed by atoms with Crippen molar-refractivity contribution in [2.75, 3.05) is 0 Å².